The van der Waals surface area contributed by atoms with E-state index in [0.29, 0.717) is 10.7 Å². The van der Waals surface area contributed by atoms with Gasteiger partial charge in [-0.05, 0) is 49.3 Å². The van der Waals surface area contributed by atoms with Gasteiger partial charge in [0, 0.05) is 18.8 Å². The molecule has 2 rings (SSSR count). The van der Waals surface area contributed by atoms with E-state index in [1.54, 1.807) is 14.0 Å². The summed E-state index contributed by atoms with van der Waals surface area (Å²) in [5.74, 6) is 0.741. The Hall–Kier alpha value is -1.67. The highest BCUT2D eigenvalue weighted by Gasteiger charge is 2.23. The van der Waals surface area contributed by atoms with Gasteiger partial charge in [0.25, 0.3) is 0 Å². The van der Waals surface area contributed by atoms with Crippen LogP contribution in [0.25, 0.3) is 0 Å². The Labute approximate surface area is 166 Å². The molecule has 0 aliphatic carbocycles. The number of hydrogen-bond acceptors (Lipinski definition) is 5. The zero-order valence-corrected chi connectivity index (χ0v) is 17.6. The van der Waals surface area contributed by atoms with Crippen LogP contribution in [-0.4, -0.2) is 45.0 Å². The number of aryl methyl sites for hydroxylation is 1. The Bertz CT molecular complexity index is 870. The number of ether oxygens (including phenoxy) is 1. The van der Waals surface area contributed by atoms with Crippen LogP contribution in [0.3, 0.4) is 0 Å². The van der Waals surface area contributed by atoms with Crippen molar-refractivity contribution in [3.63, 3.8) is 0 Å². The molecule has 6 nitrogen and oxygen atoms in total. The van der Waals surface area contributed by atoms with Crippen LogP contribution >= 0.6 is 11.6 Å². The van der Waals surface area contributed by atoms with Crippen LogP contribution in [0.2, 0.25) is 5.15 Å². The average Bonchev–Trinajstić information content (AvgIpc) is 2.67. The number of aromatic nitrogens is 1. The Kier molecular flexibility index (Phi) is 7.61. The van der Waals surface area contributed by atoms with Crippen molar-refractivity contribution < 1.29 is 13.2 Å². The summed E-state index contributed by atoms with van der Waals surface area (Å²) in [4.78, 5) is 6.24. The van der Waals surface area contributed by atoms with Gasteiger partial charge in [0.05, 0.1) is 7.11 Å². The molecule has 0 fully saturated rings. The molecular weight excluding hydrogens is 386 g/mol. The minimum absolute atomic E-state index is 0.105. The van der Waals surface area contributed by atoms with Crippen molar-refractivity contribution in [3.8, 4) is 5.75 Å². The van der Waals surface area contributed by atoms with Crippen molar-refractivity contribution in [2.75, 3.05) is 26.7 Å². The fraction of sp³-hybridized carbons (Fsp3) is 0.421. The second-order valence-corrected chi connectivity index (χ2v) is 8.27. The third kappa shape index (κ3) is 5.42. The predicted molar refractivity (Wildman–Crippen MR) is 108 cm³/mol. The minimum Gasteiger partial charge on any atom is -0.497 e. The number of nitrogens with zero attached hydrogens (tertiary/aromatic N) is 2. The van der Waals surface area contributed by atoms with E-state index in [9.17, 15) is 8.42 Å². The summed E-state index contributed by atoms with van der Waals surface area (Å²) in [5.41, 5.74) is 1.61. The van der Waals surface area contributed by atoms with Gasteiger partial charge >= 0.3 is 0 Å². The first kappa shape index (κ1) is 21.6. The van der Waals surface area contributed by atoms with Crippen molar-refractivity contribution >= 4 is 21.6 Å². The third-order valence-corrected chi connectivity index (χ3v) is 6.28. The zero-order valence-electron chi connectivity index (χ0n) is 16.1. The van der Waals surface area contributed by atoms with Crippen LogP contribution in [0.15, 0.2) is 41.4 Å². The maximum absolute atomic E-state index is 12.7. The molecule has 1 aromatic carbocycles. The van der Waals surface area contributed by atoms with E-state index in [1.807, 2.05) is 24.3 Å². The number of hydrogen-bond donors (Lipinski definition) is 1. The number of methoxy groups -OCH3 is 1. The summed E-state index contributed by atoms with van der Waals surface area (Å²) >= 11 is 5.90. The van der Waals surface area contributed by atoms with Crippen molar-refractivity contribution in [2.24, 2.45) is 0 Å². The lowest BCUT2D eigenvalue weighted by Gasteiger charge is -2.30. The highest BCUT2D eigenvalue weighted by atomic mass is 35.5. The molecule has 0 saturated heterocycles. The fourth-order valence-corrected chi connectivity index (χ4v) is 4.09. The molecule has 0 radical (unpaired) electrons. The largest absolute Gasteiger partial charge is 0.497 e. The molecule has 0 saturated carbocycles. The Morgan fingerprint density at radius 3 is 2.56 bits per heavy atom. The number of likely N-dealkylation sites (N-methyl/N-ethyl adjacent to an activating group) is 1. The molecule has 0 bridgehead atoms. The molecule has 148 valence electrons. The van der Waals surface area contributed by atoms with Crippen LogP contribution in [0, 0.1) is 6.92 Å². The van der Waals surface area contributed by atoms with E-state index in [4.69, 9.17) is 16.3 Å². The van der Waals surface area contributed by atoms with Gasteiger partial charge in [0.2, 0.25) is 10.0 Å². The zero-order chi connectivity index (χ0) is 20.0. The first-order valence-electron chi connectivity index (χ1n) is 8.82. The molecular formula is C19H26ClN3O3S. The van der Waals surface area contributed by atoms with Crippen molar-refractivity contribution in [3.05, 3.63) is 52.8 Å². The van der Waals surface area contributed by atoms with Crippen molar-refractivity contribution in [2.45, 2.75) is 31.7 Å². The summed E-state index contributed by atoms with van der Waals surface area (Å²) in [6.07, 6.45) is 1.27. The lowest BCUT2D eigenvalue weighted by Crippen LogP contribution is -2.38. The molecule has 1 unspecified atom stereocenters. The van der Waals surface area contributed by atoms with E-state index in [2.05, 4.69) is 28.5 Å². The SMILES string of the molecule is CCN(CC)C(CNS(=O)(=O)c1cnc(Cl)c(C)c1)c1cccc(OC)c1. The van der Waals surface area contributed by atoms with E-state index >= 15 is 0 Å². The average molecular weight is 412 g/mol. The van der Waals surface area contributed by atoms with Gasteiger partial charge in [-0.3, -0.25) is 4.90 Å². The van der Waals surface area contributed by atoms with Crippen molar-refractivity contribution in [1.29, 1.82) is 0 Å². The topological polar surface area (TPSA) is 71.5 Å². The quantitative estimate of drug-likeness (QED) is 0.640. The summed E-state index contributed by atoms with van der Waals surface area (Å²) in [6.45, 7) is 7.65. The molecule has 1 aromatic heterocycles. The third-order valence-electron chi connectivity index (χ3n) is 4.50. The van der Waals surface area contributed by atoms with Crippen LogP contribution in [-0.2, 0) is 10.0 Å². The lowest BCUT2D eigenvalue weighted by molar-refractivity contribution is 0.219. The standard InChI is InChI=1S/C19H26ClN3O3S/c1-5-23(6-2)18(15-8-7-9-16(11-15)26-4)13-22-27(24,25)17-10-14(3)19(20)21-12-17/h7-12,18,22H,5-6,13H2,1-4H3. The molecule has 27 heavy (non-hydrogen) atoms. The predicted octanol–water partition coefficient (Wildman–Crippen LogP) is 3.41. The van der Waals surface area contributed by atoms with Crippen LogP contribution < -0.4 is 9.46 Å². The Morgan fingerprint density at radius 1 is 1.26 bits per heavy atom. The van der Waals surface area contributed by atoms with Gasteiger partial charge in [-0.15, -0.1) is 0 Å². The summed E-state index contributed by atoms with van der Waals surface area (Å²) in [5, 5.41) is 0.298. The summed E-state index contributed by atoms with van der Waals surface area (Å²) < 4.78 is 33.5. The minimum atomic E-state index is -3.70. The molecule has 8 heteroatoms. The van der Waals surface area contributed by atoms with Crippen molar-refractivity contribution in [1.82, 2.24) is 14.6 Å². The van der Waals surface area contributed by atoms with E-state index in [-0.39, 0.29) is 17.5 Å². The van der Waals surface area contributed by atoms with Gasteiger partial charge in [-0.25, -0.2) is 18.1 Å². The molecule has 1 N–H and O–H groups in total. The smallest absolute Gasteiger partial charge is 0.242 e. The number of nitrogens with one attached hydrogen (secondary N) is 1. The van der Waals surface area contributed by atoms with Gasteiger partial charge in [-0.2, -0.15) is 0 Å². The molecule has 1 heterocycles. The number of sulfonamides is 1. The second-order valence-electron chi connectivity index (χ2n) is 6.14. The molecule has 2 aromatic rings. The molecule has 0 amide bonds. The Balaban J connectivity index is 2.28. The van der Waals surface area contributed by atoms with Gasteiger partial charge in [-0.1, -0.05) is 37.6 Å². The lowest BCUT2D eigenvalue weighted by atomic mass is 10.0. The highest BCUT2D eigenvalue weighted by molar-refractivity contribution is 7.89. The van der Waals surface area contributed by atoms with Crippen LogP contribution in [0.1, 0.15) is 31.0 Å². The number of benzene rings is 1. The van der Waals surface area contributed by atoms with E-state index < -0.39 is 10.0 Å². The molecule has 1 atom stereocenters. The first-order valence-corrected chi connectivity index (χ1v) is 10.7. The van der Waals surface area contributed by atoms with E-state index in [1.165, 1.54) is 12.3 Å². The van der Waals surface area contributed by atoms with E-state index in [0.717, 1.165) is 24.4 Å². The molecule has 0 aliphatic heterocycles. The molecule has 0 aliphatic rings. The number of pyridine rings is 1. The molecule has 0 spiro atoms. The number of halogens is 1. The normalized spacial score (nSPS) is 13.0. The van der Waals surface area contributed by atoms with Crippen LogP contribution in [0.4, 0.5) is 0 Å². The van der Waals surface area contributed by atoms with Gasteiger partial charge < -0.3 is 4.74 Å². The van der Waals surface area contributed by atoms with Gasteiger partial charge in [0.1, 0.15) is 15.8 Å². The summed E-state index contributed by atoms with van der Waals surface area (Å²) in [6, 6.07) is 9.10. The first-order chi connectivity index (χ1) is 12.8. The monoisotopic (exact) mass is 411 g/mol. The van der Waals surface area contributed by atoms with Crippen LogP contribution in [0.5, 0.6) is 5.75 Å². The maximum Gasteiger partial charge on any atom is 0.242 e. The summed E-state index contributed by atoms with van der Waals surface area (Å²) in [7, 11) is -2.08. The highest BCUT2D eigenvalue weighted by Crippen LogP contribution is 2.24. The fourth-order valence-electron chi connectivity index (χ4n) is 2.92. The maximum atomic E-state index is 12.7. The second kappa shape index (κ2) is 9.50. The van der Waals surface area contributed by atoms with Gasteiger partial charge in [0.15, 0.2) is 0 Å². The Morgan fingerprint density at radius 2 is 1.96 bits per heavy atom. The number of rotatable bonds is 9.